The lowest BCUT2D eigenvalue weighted by atomic mass is 9.96. The van der Waals surface area contributed by atoms with E-state index in [0.29, 0.717) is 18.2 Å². The molecular formula is C18H19N3O3. The van der Waals surface area contributed by atoms with E-state index in [4.69, 9.17) is 5.11 Å². The van der Waals surface area contributed by atoms with Crippen molar-refractivity contribution in [2.75, 3.05) is 11.9 Å². The van der Waals surface area contributed by atoms with Gasteiger partial charge in [-0.2, -0.15) is 0 Å². The number of carbonyl (C=O) groups excluding carboxylic acids is 1. The van der Waals surface area contributed by atoms with E-state index in [1.165, 1.54) is 29.6 Å². The molecule has 1 aromatic heterocycles. The fourth-order valence-electron chi connectivity index (χ4n) is 2.83. The van der Waals surface area contributed by atoms with Crippen LogP contribution in [0.25, 0.3) is 0 Å². The van der Waals surface area contributed by atoms with Crippen LogP contribution in [-0.4, -0.2) is 34.6 Å². The number of pyridine rings is 1. The molecule has 0 bridgehead atoms. The third kappa shape index (κ3) is 3.71. The first kappa shape index (κ1) is 16.0. The summed E-state index contributed by atoms with van der Waals surface area (Å²) in [7, 11) is 0. The van der Waals surface area contributed by atoms with Gasteiger partial charge in [0.05, 0.1) is 5.56 Å². The van der Waals surface area contributed by atoms with Crippen LogP contribution in [-0.2, 0) is 6.42 Å². The standard InChI is InChI=1S/C18H19N3O3/c22-17(13-6-8-16(18(23)24)20-11-13)19-10-9-14-7-5-12-3-1-2-4-15(12)21-14/h1-4,6,8,11,14,21H,5,7,9-10H2,(H,19,22)(H,23,24). The number of hydrogen-bond acceptors (Lipinski definition) is 4. The first-order chi connectivity index (χ1) is 11.6. The molecule has 1 unspecified atom stereocenters. The molecule has 2 aromatic rings. The van der Waals surface area contributed by atoms with Crippen molar-refractivity contribution in [2.24, 2.45) is 0 Å². The van der Waals surface area contributed by atoms with Gasteiger partial charge in [0.2, 0.25) is 0 Å². The van der Waals surface area contributed by atoms with Crippen molar-refractivity contribution in [3.05, 3.63) is 59.4 Å². The molecule has 0 spiro atoms. The van der Waals surface area contributed by atoms with E-state index >= 15 is 0 Å². The molecule has 1 atom stereocenters. The maximum absolute atomic E-state index is 12.0. The summed E-state index contributed by atoms with van der Waals surface area (Å²) in [5.74, 6) is -1.35. The zero-order valence-corrected chi connectivity index (χ0v) is 13.2. The lowest BCUT2D eigenvalue weighted by Gasteiger charge is -2.27. The second-order valence-corrected chi connectivity index (χ2v) is 5.82. The minimum atomic E-state index is -1.11. The second-order valence-electron chi connectivity index (χ2n) is 5.82. The average molecular weight is 325 g/mol. The molecule has 6 heteroatoms. The molecule has 0 radical (unpaired) electrons. The number of rotatable bonds is 5. The third-order valence-corrected chi connectivity index (χ3v) is 4.16. The van der Waals surface area contributed by atoms with Gasteiger partial charge in [-0.05, 0) is 43.0 Å². The summed E-state index contributed by atoms with van der Waals surface area (Å²) in [4.78, 5) is 26.5. The van der Waals surface area contributed by atoms with E-state index in [2.05, 4.69) is 27.8 Å². The van der Waals surface area contributed by atoms with Crippen molar-refractivity contribution >= 4 is 17.6 Å². The number of anilines is 1. The monoisotopic (exact) mass is 325 g/mol. The van der Waals surface area contributed by atoms with Crippen LogP contribution in [0.3, 0.4) is 0 Å². The highest BCUT2D eigenvalue weighted by atomic mass is 16.4. The largest absolute Gasteiger partial charge is 0.477 e. The summed E-state index contributed by atoms with van der Waals surface area (Å²) in [6.07, 6.45) is 4.21. The fourth-order valence-corrected chi connectivity index (χ4v) is 2.83. The summed E-state index contributed by atoms with van der Waals surface area (Å²) >= 11 is 0. The van der Waals surface area contributed by atoms with Crippen LogP contribution in [0.1, 0.15) is 39.3 Å². The third-order valence-electron chi connectivity index (χ3n) is 4.16. The Kier molecular flexibility index (Phi) is 4.74. The van der Waals surface area contributed by atoms with Gasteiger partial charge >= 0.3 is 5.97 Å². The zero-order chi connectivity index (χ0) is 16.9. The molecule has 1 aliphatic rings. The highest BCUT2D eigenvalue weighted by molar-refractivity contribution is 5.94. The Hall–Kier alpha value is -2.89. The molecule has 3 N–H and O–H groups in total. The van der Waals surface area contributed by atoms with E-state index < -0.39 is 5.97 Å². The number of aryl methyl sites for hydroxylation is 1. The van der Waals surface area contributed by atoms with Crippen molar-refractivity contribution in [3.63, 3.8) is 0 Å². The number of benzene rings is 1. The number of para-hydroxylation sites is 1. The van der Waals surface area contributed by atoms with Crippen LogP contribution < -0.4 is 10.6 Å². The van der Waals surface area contributed by atoms with Crippen LogP contribution in [0.5, 0.6) is 0 Å². The van der Waals surface area contributed by atoms with E-state index in [1.807, 2.05) is 12.1 Å². The summed E-state index contributed by atoms with van der Waals surface area (Å²) in [5, 5.41) is 15.2. The van der Waals surface area contributed by atoms with Crippen LogP contribution in [0.4, 0.5) is 5.69 Å². The Balaban J connectivity index is 1.48. The molecule has 124 valence electrons. The molecule has 1 aromatic carbocycles. The SMILES string of the molecule is O=C(NCCC1CCc2ccccc2N1)c1ccc(C(=O)O)nc1. The van der Waals surface area contributed by atoms with Gasteiger partial charge in [-0.15, -0.1) is 0 Å². The van der Waals surface area contributed by atoms with Gasteiger partial charge < -0.3 is 15.7 Å². The summed E-state index contributed by atoms with van der Waals surface area (Å²) in [6.45, 7) is 0.555. The molecule has 0 fully saturated rings. The Morgan fingerprint density at radius 1 is 1.25 bits per heavy atom. The number of carboxylic acids is 1. The Morgan fingerprint density at radius 2 is 2.08 bits per heavy atom. The number of nitrogens with zero attached hydrogens (tertiary/aromatic N) is 1. The quantitative estimate of drug-likeness (QED) is 0.785. The van der Waals surface area contributed by atoms with E-state index in [-0.39, 0.29) is 11.6 Å². The van der Waals surface area contributed by atoms with Crippen LogP contribution in [0.15, 0.2) is 42.6 Å². The van der Waals surface area contributed by atoms with Crippen LogP contribution >= 0.6 is 0 Å². The van der Waals surface area contributed by atoms with Crippen LogP contribution in [0.2, 0.25) is 0 Å². The molecule has 2 heterocycles. The normalized spacial score (nSPS) is 15.9. The molecule has 0 saturated heterocycles. The number of hydrogen-bond donors (Lipinski definition) is 3. The smallest absolute Gasteiger partial charge is 0.354 e. The number of fused-ring (bicyclic) bond motifs is 1. The van der Waals surface area contributed by atoms with Gasteiger partial charge in [-0.1, -0.05) is 18.2 Å². The van der Waals surface area contributed by atoms with Gasteiger partial charge in [0, 0.05) is 24.5 Å². The number of nitrogens with one attached hydrogen (secondary N) is 2. The Labute approximate surface area is 139 Å². The molecule has 0 aliphatic carbocycles. The minimum absolute atomic E-state index is 0.0726. The van der Waals surface area contributed by atoms with Crippen molar-refractivity contribution in [1.29, 1.82) is 0 Å². The van der Waals surface area contributed by atoms with Gasteiger partial charge in [-0.3, -0.25) is 4.79 Å². The molecule has 24 heavy (non-hydrogen) atoms. The van der Waals surface area contributed by atoms with E-state index in [1.54, 1.807) is 0 Å². The molecule has 1 amide bonds. The Morgan fingerprint density at radius 3 is 2.83 bits per heavy atom. The highest BCUT2D eigenvalue weighted by Gasteiger charge is 2.17. The number of aromatic nitrogens is 1. The number of amides is 1. The molecule has 3 rings (SSSR count). The van der Waals surface area contributed by atoms with Crippen molar-refractivity contribution < 1.29 is 14.7 Å². The molecule has 1 aliphatic heterocycles. The maximum Gasteiger partial charge on any atom is 0.354 e. The van der Waals surface area contributed by atoms with Crippen molar-refractivity contribution in [3.8, 4) is 0 Å². The molecular weight excluding hydrogens is 306 g/mol. The lowest BCUT2D eigenvalue weighted by molar-refractivity contribution is 0.0689. The van der Waals surface area contributed by atoms with E-state index in [9.17, 15) is 9.59 Å². The predicted molar refractivity (Wildman–Crippen MR) is 90.3 cm³/mol. The summed E-state index contributed by atoms with van der Waals surface area (Å²) < 4.78 is 0. The van der Waals surface area contributed by atoms with Crippen molar-refractivity contribution in [2.45, 2.75) is 25.3 Å². The van der Waals surface area contributed by atoms with Crippen LogP contribution in [0, 0.1) is 0 Å². The molecule has 6 nitrogen and oxygen atoms in total. The van der Waals surface area contributed by atoms with Gasteiger partial charge in [0.25, 0.3) is 5.91 Å². The highest BCUT2D eigenvalue weighted by Crippen LogP contribution is 2.25. The van der Waals surface area contributed by atoms with E-state index in [0.717, 1.165) is 19.3 Å². The Bertz CT molecular complexity index is 743. The first-order valence-electron chi connectivity index (χ1n) is 7.95. The average Bonchev–Trinajstić information content (AvgIpc) is 2.61. The topological polar surface area (TPSA) is 91.3 Å². The summed E-state index contributed by atoms with van der Waals surface area (Å²) in [6, 6.07) is 11.4. The molecule has 0 saturated carbocycles. The van der Waals surface area contributed by atoms with Gasteiger partial charge in [0.1, 0.15) is 5.69 Å². The first-order valence-corrected chi connectivity index (χ1v) is 7.95. The van der Waals surface area contributed by atoms with Gasteiger partial charge in [-0.25, -0.2) is 9.78 Å². The predicted octanol–water partition coefficient (Wildman–Crippen LogP) is 2.33. The second kappa shape index (κ2) is 7.12. The maximum atomic E-state index is 12.0. The lowest BCUT2D eigenvalue weighted by Crippen LogP contribution is -2.32. The number of carbonyl (C=O) groups is 2. The summed E-state index contributed by atoms with van der Waals surface area (Å²) in [5.41, 5.74) is 2.80. The number of aromatic carboxylic acids is 1. The number of carboxylic acid groups (broad SMARTS) is 1. The minimum Gasteiger partial charge on any atom is -0.477 e. The van der Waals surface area contributed by atoms with Gasteiger partial charge in [0.15, 0.2) is 0 Å². The fraction of sp³-hybridized carbons (Fsp3) is 0.278. The van der Waals surface area contributed by atoms with Crippen molar-refractivity contribution in [1.82, 2.24) is 10.3 Å². The zero-order valence-electron chi connectivity index (χ0n) is 13.2.